The summed E-state index contributed by atoms with van der Waals surface area (Å²) in [6, 6.07) is 0. The Kier molecular flexibility index (Phi) is 218. The van der Waals surface area contributed by atoms with E-state index in [9.17, 15) is 0 Å². The van der Waals surface area contributed by atoms with Crippen molar-refractivity contribution < 1.29 is 86.9 Å². The van der Waals surface area contributed by atoms with Crippen LogP contribution in [-0.4, -0.2) is 18.9 Å². The monoisotopic (exact) mass is 371 g/mol. The van der Waals surface area contributed by atoms with Gasteiger partial charge in [0.2, 0.25) is 0 Å². The van der Waals surface area contributed by atoms with Crippen molar-refractivity contribution in [1.29, 1.82) is 0 Å². The van der Waals surface area contributed by atoms with Gasteiger partial charge in [-0.05, 0) is 0 Å². The van der Waals surface area contributed by atoms with Crippen LogP contribution in [-0.2, 0) is 86.9 Å². The summed E-state index contributed by atoms with van der Waals surface area (Å²) in [7, 11) is 0. The van der Waals surface area contributed by atoms with Gasteiger partial charge in [0, 0.05) is 55.9 Å². The molecule has 2 radical (unpaired) electrons. The number of rotatable bonds is 0. The summed E-state index contributed by atoms with van der Waals surface area (Å²) < 4.78 is 0. The van der Waals surface area contributed by atoms with Gasteiger partial charge < -0.3 is 0 Å². The van der Waals surface area contributed by atoms with Crippen molar-refractivity contribution in [2.75, 3.05) is 0 Å². The summed E-state index contributed by atoms with van der Waals surface area (Å²) in [4.78, 5) is 0. The predicted molar refractivity (Wildman–Crippen MR) is 7.15 cm³/mol. The minimum Gasteiger partial charge on any atom is 0 e. The van der Waals surface area contributed by atoms with Crippen LogP contribution in [0.4, 0.5) is 0 Å². The van der Waals surface area contributed by atoms with Crippen molar-refractivity contribution in [3.63, 3.8) is 0 Å². The van der Waals surface area contributed by atoms with Gasteiger partial charge in [-0.3, -0.25) is 0 Å². The van der Waals surface area contributed by atoms with Crippen molar-refractivity contribution >= 4 is 18.9 Å². The second kappa shape index (κ2) is 38.7. The quantitative estimate of drug-likeness (QED) is 0.498. The first kappa shape index (κ1) is 33.7. The average molecular weight is 369 g/mol. The molecule has 0 aromatic heterocycles. The zero-order valence-corrected chi connectivity index (χ0v) is 9.30. The van der Waals surface area contributed by atoms with Crippen LogP contribution in [0, 0.1) is 0 Å². The Morgan fingerprint density at radius 2 is 1.17 bits per heavy atom. The van der Waals surface area contributed by atoms with E-state index < -0.39 is 0 Å². The molecule has 0 aliphatic carbocycles. The third-order valence-corrected chi connectivity index (χ3v) is 0. The molecule has 6 heavy (non-hydrogen) atoms. The second-order valence-corrected chi connectivity index (χ2v) is 0. The topological polar surface area (TPSA) is 0 Å². The van der Waals surface area contributed by atoms with Gasteiger partial charge in [-0.25, -0.2) is 0 Å². The predicted octanol–water partition coefficient (Wildman–Crippen LogP) is -0.661. The Morgan fingerprint density at radius 3 is 1.17 bits per heavy atom. The minimum atomic E-state index is 0. The summed E-state index contributed by atoms with van der Waals surface area (Å²) in [5.74, 6) is 0. The van der Waals surface area contributed by atoms with Crippen LogP contribution >= 0.6 is 0 Å². The van der Waals surface area contributed by atoms with Crippen molar-refractivity contribution in [2.24, 2.45) is 0 Å². The van der Waals surface area contributed by atoms with Crippen LogP contribution in [0.1, 0.15) is 0 Å². The van der Waals surface area contributed by atoms with E-state index in [1.54, 1.807) is 17.8 Å². The molecule has 0 atom stereocenters. The number of hydrogen-bond acceptors (Lipinski definition) is 0. The Balaban J connectivity index is -0.000000000833. The zero-order valence-electron chi connectivity index (χ0n) is 1.88. The van der Waals surface area contributed by atoms with Gasteiger partial charge in [-0.2, -0.15) is 0 Å². The van der Waals surface area contributed by atoms with Crippen molar-refractivity contribution in [2.45, 2.75) is 0 Å². The van der Waals surface area contributed by atoms with Crippen LogP contribution in [0.5, 0.6) is 0 Å². The van der Waals surface area contributed by atoms with Gasteiger partial charge in [0.15, 0.2) is 0 Å². The van der Waals surface area contributed by atoms with Crippen LogP contribution in [0.15, 0.2) is 0 Å². The van der Waals surface area contributed by atoms with Gasteiger partial charge >= 0.3 is 49.8 Å². The van der Waals surface area contributed by atoms with E-state index in [2.05, 4.69) is 13.1 Å². The fourth-order valence-electron chi connectivity index (χ4n) is 0. The van der Waals surface area contributed by atoms with E-state index in [4.69, 9.17) is 0 Å². The zero-order chi connectivity index (χ0) is 2.00. The summed E-state index contributed by atoms with van der Waals surface area (Å²) in [5, 5.41) is 0. The van der Waals surface area contributed by atoms with Gasteiger partial charge in [0.05, 0.1) is 0 Å². The van der Waals surface area contributed by atoms with E-state index >= 15 is 0 Å². The largest absolute Gasteiger partial charge is 0 e. The first-order valence-electron chi connectivity index (χ1n) is 0.136. The van der Waals surface area contributed by atoms with Crippen molar-refractivity contribution in [1.82, 2.24) is 0 Å². The molecule has 0 nitrogen and oxygen atoms in total. The van der Waals surface area contributed by atoms with E-state index in [1.165, 1.54) is 0 Å². The Labute approximate surface area is 104 Å². The molecule has 0 heterocycles. The molecule has 6 heteroatoms. The number of hydrogen-bond donors (Lipinski definition) is 0. The maximum absolute atomic E-state index is 3.57. The molecule has 0 N–H and O–H groups in total. The molecule has 0 aliphatic heterocycles. The Bertz CT molecular complexity index is 15.5. The van der Waals surface area contributed by atoms with Gasteiger partial charge in [0.25, 0.3) is 0 Å². The molecule has 0 spiro atoms. The summed E-state index contributed by atoms with van der Waals surface area (Å²) >= 11 is 5.21. The molecule has 0 aromatic rings. The molecule has 0 amide bonds. The average Bonchev–Trinajstić information content (AvgIpc) is 1.00. The molecule has 0 fully saturated rings. The Morgan fingerprint density at radius 1 is 1.17 bits per heavy atom. The smallest absolute Gasteiger partial charge is 0 e. The van der Waals surface area contributed by atoms with Gasteiger partial charge in [-0.1, -0.05) is 0 Å². The molecule has 0 aromatic carbocycles. The molecule has 0 unspecified atom stereocenters. The summed E-state index contributed by atoms with van der Waals surface area (Å²) in [6.45, 7) is 0. The fraction of sp³-hybridized carbons (Fsp3) is 0. The molecule has 39 valence electrons. The normalized spacial score (nSPS) is 1.00. The van der Waals surface area contributed by atoms with Crippen molar-refractivity contribution in [3.8, 4) is 0 Å². The van der Waals surface area contributed by atoms with Crippen molar-refractivity contribution in [3.05, 3.63) is 0 Å². The van der Waals surface area contributed by atoms with E-state index in [-0.39, 0.29) is 74.8 Å². The first-order chi connectivity index (χ1) is 1.00. The van der Waals surface area contributed by atoms with E-state index in [1.807, 2.05) is 0 Å². The molecular weight excluding hydrogens is 368 g/mol. The molecule has 0 saturated heterocycles. The van der Waals surface area contributed by atoms with Crippen LogP contribution in [0.25, 0.3) is 0 Å². The summed E-state index contributed by atoms with van der Waals surface area (Å²) in [5.41, 5.74) is 0. The van der Waals surface area contributed by atoms with Crippen LogP contribution in [0.3, 0.4) is 0 Å². The van der Waals surface area contributed by atoms with Gasteiger partial charge in [0.1, 0.15) is 0 Å². The first-order valence-corrected chi connectivity index (χ1v) is 3.32. The van der Waals surface area contributed by atoms with E-state index in [0.29, 0.717) is 0 Å². The molecule has 0 aliphatic rings. The third kappa shape index (κ3) is 25.7. The van der Waals surface area contributed by atoms with Gasteiger partial charge in [-0.15, -0.1) is 0 Å². The maximum Gasteiger partial charge on any atom is 0 e. The van der Waals surface area contributed by atoms with E-state index in [0.717, 1.165) is 0 Å². The van der Waals surface area contributed by atoms with Crippen LogP contribution in [0.2, 0.25) is 0 Å². The fourth-order valence-corrected chi connectivity index (χ4v) is 0. The summed E-state index contributed by atoms with van der Waals surface area (Å²) in [6.07, 6.45) is 0. The molecule has 0 saturated carbocycles. The minimum absolute atomic E-state index is 0. The molecular formula is HCoLiMnMoNbNi. The standard InChI is InChI=1S/Co.Li.Mn.Mo.Nb.Ni.H. The molecule has 0 rings (SSSR count). The Hall–Kier alpha value is 3.55. The third-order valence-electron chi connectivity index (χ3n) is 0. The van der Waals surface area contributed by atoms with Crippen LogP contribution < -0.4 is 0 Å². The SMILES string of the molecule is [Co][Mo].[LiH].[Mn].[Nb].[Ni]. The molecule has 0 bridgehead atoms. The maximum atomic E-state index is 3.57. The second-order valence-electron chi connectivity index (χ2n) is 0.